The van der Waals surface area contributed by atoms with Crippen molar-refractivity contribution >= 4 is 5.70 Å². The summed E-state index contributed by atoms with van der Waals surface area (Å²) in [4.78, 5) is 4.29. The van der Waals surface area contributed by atoms with Crippen LogP contribution in [-0.4, -0.2) is 24.1 Å². The van der Waals surface area contributed by atoms with Crippen molar-refractivity contribution < 1.29 is 0 Å². The van der Waals surface area contributed by atoms with Crippen molar-refractivity contribution in [3.63, 3.8) is 0 Å². The van der Waals surface area contributed by atoms with Crippen LogP contribution in [0.3, 0.4) is 0 Å². The maximum Gasteiger partial charge on any atom is 0.0991 e. The first kappa shape index (κ1) is 14.0. The van der Waals surface area contributed by atoms with E-state index in [0.29, 0.717) is 11.6 Å². The fourth-order valence-electron chi connectivity index (χ4n) is 3.22. The lowest BCUT2D eigenvalue weighted by molar-refractivity contribution is 0.406. The molecule has 4 heteroatoms. The van der Waals surface area contributed by atoms with Gasteiger partial charge in [0.05, 0.1) is 17.7 Å². The second-order valence-corrected chi connectivity index (χ2v) is 6.16. The molecular weight excluding hydrogens is 284 g/mol. The summed E-state index contributed by atoms with van der Waals surface area (Å²) < 4.78 is 0. The van der Waals surface area contributed by atoms with Gasteiger partial charge in [-0.2, -0.15) is 5.26 Å². The lowest BCUT2D eigenvalue weighted by Gasteiger charge is -2.33. The highest BCUT2D eigenvalue weighted by Crippen LogP contribution is 2.33. The molecule has 1 aromatic carbocycles. The van der Waals surface area contributed by atoms with E-state index in [4.69, 9.17) is 5.26 Å². The Kier molecular flexibility index (Phi) is 3.57. The second kappa shape index (κ2) is 5.86. The first-order valence-electron chi connectivity index (χ1n) is 7.96. The Bertz CT molecular complexity index is 799. The van der Waals surface area contributed by atoms with Gasteiger partial charge < -0.3 is 10.6 Å². The molecular formula is C19H18N4. The zero-order chi connectivity index (χ0) is 15.6. The summed E-state index contributed by atoms with van der Waals surface area (Å²) in [6.07, 6.45) is 7.04. The number of nitrogens with one attached hydrogen (secondary N) is 2. The predicted octanol–water partition coefficient (Wildman–Crippen LogP) is 2.20. The molecule has 1 fully saturated rings. The van der Waals surface area contributed by atoms with E-state index >= 15 is 0 Å². The molecule has 1 unspecified atom stereocenters. The normalized spacial score (nSPS) is 20.0. The van der Waals surface area contributed by atoms with Gasteiger partial charge in [0.2, 0.25) is 0 Å². The summed E-state index contributed by atoms with van der Waals surface area (Å²) >= 11 is 0. The van der Waals surface area contributed by atoms with E-state index in [2.05, 4.69) is 39.9 Å². The molecule has 1 aliphatic carbocycles. The molecule has 1 atom stereocenters. The molecule has 0 amide bonds. The number of benzene rings is 1. The van der Waals surface area contributed by atoms with Crippen molar-refractivity contribution in [1.29, 1.82) is 5.26 Å². The molecule has 2 heterocycles. The van der Waals surface area contributed by atoms with Gasteiger partial charge in [-0.3, -0.25) is 4.98 Å². The molecule has 0 saturated carbocycles. The Hall–Kier alpha value is -2.64. The molecule has 0 bridgehead atoms. The highest BCUT2D eigenvalue weighted by molar-refractivity contribution is 5.70. The van der Waals surface area contributed by atoms with Crippen LogP contribution in [0, 0.1) is 11.3 Å². The minimum atomic E-state index is 0.286. The number of nitriles is 1. The number of fused-ring (bicyclic) bond motifs is 1. The Labute approximate surface area is 135 Å². The predicted molar refractivity (Wildman–Crippen MR) is 89.6 cm³/mol. The summed E-state index contributed by atoms with van der Waals surface area (Å²) in [7, 11) is 0. The number of nitrogens with zero attached hydrogens (tertiary/aromatic N) is 2. The van der Waals surface area contributed by atoms with E-state index in [1.807, 2.05) is 30.6 Å². The molecule has 1 aliphatic heterocycles. The van der Waals surface area contributed by atoms with Crippen LogP contribution in [0.25, 0.3) is 5.70 Å². The number of rotatable bonds is 3. The molecule has 114 valence electrons. The van der Waals surface area contributed by atoms with Crippen LogP contribution in [0.5, 0.6) is 0 Å². The van der Waals surface area contributed by atoms with Crippen LogP contribution in [0.15, 0.2) is 48.8 Å². The van der Waals surface area contributed by atoms with Crippen molar-refractivity contribution in [3.8, 4) is 6.07 Å². The van der Waals surface area contributed by atoms with Gasteiger partial charge in [0.25, 0.3) is 0 Å². The fraction of sp³-hybridized carbons (Fsp3) is 0.263. The first-order valence-corrected chi connectivity index (χ1v) is 7.96. The summed E-state index contributed by atoms with van der Waals surface area (Å²) in [5.74, 6) is 0.286. The smallest absolute Gasteiger partial charge is 0.0991 e. The SMILES string of the molecule is N#Cc1cccc(C2C=C(NC3CNC3)c3cnccc3C2)c1. The molecule has 1 saturated heterocycles. The minimum absolute atomic E-state index is 0.286. The third-order valence-corrected chi connectivity index (χ3v) is 4.59. The summed E-state index contributed by atoms with van der Waals surface area (Å²) in [6.45, 7) is 2.00. The quantitative estimate of drug-likeness (QED) is 0.912. The average Bonchev–Trinajstić information content (AvgIpc) is 2.57. The van der Waals surface area contributed by atoms with Gasteiger partial charge in [-0.1, -0.05) is 18.2 Å². The molecule has 2 aromatic rings. The van der Waals surface area contributed by atoms with Crippen LogP contribution < -0.4 is 10.6 Å². The number of allylic oxidation sites excluding steroid dienone is 1. The Balaban J connectivity index is 1.71. The average molecular weight is 302 g/mol. The topological polar surface area (TPSA) is 60.7 Å². The first-order chi connectivity index (χ1) is 11.3. The van der Waals surface area contributed by atoms with E-state index in [1.165, 1.54) is 22.4 Å². The molecule has 23 heavy (non-hydrogen) atoms. The Morgan fingerprint density at radius 2 is 2.17 bits per heavy atom. The van der Waals surface area contributed by atoms with Gasteiger partial charge in [0.15, 0.2) is 0 Å². The molecule has 2 aliphatic rings. The van der Waals surface area contributed by atoms with E-state index in [-0.39, 0.29) is 5.92 Å². The van der Waals surface area contributed by atoms with Crippen LogP contribution in [0.1, 0.15) is 28.2 Å². The van der Waals surface area contributed by atoms with Gasteiger partial charge in [-0.25, -0.2) is 0 Å². The van der Waals surface area contributed by atoms with E-state index in [0.717, 1.165) is 19.5 Å². The van der Waals surface area contributed by atoms with Gasteiger partial charge in [-0.15, -0.1) is 0 Å². The Morgan fingerprint density at radius 3 is 2.96 bits per heavy atom. The fourth-order valence-corrected chi connectivity index (χ4v) is 3.22. The monoisotopic (exact) mass is 302 g/mol. The maximum absolute atomic E-state index is 9.14. The van der Waals surface area contributed by atoms with E-state index < -0.39 is 0 Å². The zero-order valence-electron chi connectivity index (χ0n) is 12.8. The van der Waals surface area contributed by atoms with Crippen molar-refractivity contribution in [2.45, 2.75) is 18.4 Å². The van der Waals surface area contributed by atoms with Crippen molar-refractivity contribution in [3.05, 3.63) is 71.1 Å². The molecule has 4 nitrogen and oxygen atoms in total. The van der Waals surface area contributed by atoms with Crippen molar-refractivity contribution in [2.24, 2.45) is 0 Å². The van der Waals surface area contributed by atoms with Crippen LogP contribution in [-0.2, 0) is 6.42 Å². The van der Waals surface area contributed by atoms with Gasteiger partial charge in [0, 0.05) is 42.7 Å². The number of hydrogen-bond acceptors (Lipinski definition) is 4. The van der Waals surface area contributed by atoms with Crippen LogP contribution in [0.2, 0.25) is 0 Å². The van der Waals surface area contributed by atoms with Gasteiger partial charge in [0.1, 0.15) is 0 Å². The molecule has 1 aromatic heterocycles. The standard InChI is InChI=1S/C19H18N4/c20-9-13-2-1-3-14(6-13)16-7-15-4-5-21-12-18(15)19(8-16)23-17-10-22-11-17/h1-6,8,12,16-17,22-23H,7,10-11H2. The lowest BCUT2D eigenvalue weighted by atomic mass is 9.83. The van der Waals surface area contributed by atoms with E-state index in [1.54, 1.807) is 0 Å². The van der Waals surface area contributed by atoms with Crippen molar-refractivity contribution in [1.82, 2.24) is 15.6 Å². The second-order valence-electron chi connectivity index (χ2n) is 6.16. The highest BCUT2D eigenvalue weighted by Gasteiger charge is 2.24. The van der Waals surface area contributed by atoms with Crippen LogP contribution in [0.4, 0.5) is 0 Å². The highest BCUT2D eigenvalue weighted by atomic mass is 15.1. The van der Waals surface area contributed by atoms with Gasteiger partial charge >= 0.3 is 0 Å². The minimum Gasteiger partial charge on any atom is -0.379 e. The van der Waals surface area contributed by atoms with E-state index in [9.17, 15) is 0 Å². The summed E-state index contributed by atoms with van der Waals surface area (Å²) in [5, 5.41) is 16.1. The lowest BCUT2D eigenvalue weighted by Crippen LogP contribution is -2.54. The third kappa shape index (κ3) is 2.71. The Morgan fingerprint density at radius 1 is 1.26 bits per heavy atom. The molecule has 0 spiro atoms. The summed E-state index contributed by atoms with van der Waals surface area (Å²) in [6, 6.07) is 12.7. The number of hydrogen-bond donors (Lipinski definition) is 2. The van der Waals surface area contributed by atoms with Crippen LogP contribution >= 0.6 is 0 Å². The maximum atomic E-state index is 9.14. The molecule has 0 radical (unpaired) electrons. The van der Waals surface area contributed by atoms with Crippen molar-refractivity contribution in [2.75, 3.05) is 13.1 Å². The third-order valence-electron chi connectivity index (χ3n) is 4.59. The zero-order valence-corrected chi connectivity index (χ0v) is 12.8. The van der Waals surface area contributed by atoms with Gasteiger partial charge in [-0.05, 0) is 35.7 Å². The number of aromatic nitrogens is 1. The molecule has 4 rings (SSSR count). The summed E-state index contributed by atoms with van der Waals surface area (Å²) in [5.41, 5.74) is 5.58. The molecule has 2 N–H and O–H groups in total. The largest absolute Gasteiger partial charge is 0.379 e. The number of pyridine rings is 1.